The quantitative estimate of drug-likeness (QED) is 0.488. The van der Waals surface area contributed by atoms with Gasteiger partial charge in [-0.25, -0.2) is 9.97 Å². The number of allylic oxidation sites excluding steroid dienone is 4. The molecule has 1 aromatic carbocycles. The summed E-state index contributed by atoms with van der Waals surface area (Å²) in [7, 11) is 3.26. The third-order valence-corrected chi connectivity index (χ3v) is 4.34. The van der Waals surface area contributed by atoms with Crippen molar-refractivity contribution >= 4 is 16.7 Å². The maximum Gasteiger partial charge on any atom is 0.163 e. The normalized spacial score (nSPS) is 13.4. The van der Waals surface area contributed by atoms with E-state index in [-0.39, 0.29) is 0 Å². The van der Waals surface area contributed by atoms with Crippen LogP contribution in [0.5, 0.6) is 11.5 Å². The first kappa shape index (κ1) is 20.6. The summed E-state index contributed by atoms with van der Waals surface area (Å²) in [4.78, 5) is 8.81. The van der Waals surface area contributed by atoms with E-state index in [1.165, 1.54) is 6.33 Å². The van der Waals surface area contributed by atoms with Crippen LogP contribution in [0.25, 0.3) is 10.9 Å². The number of terminal acetylenes is 1. The van der Waals surface area contributed by atoms with Gasteiger partial charge in [0.2, 0.25) is 0 Å². The highest BCUT2D eigenvalue weighted by molar-refractivity contribution is 5.92. The molecule has 0 radical (unpaired) electrons. The molecule has 1 aromatic heterocycles. The molecule has 0 spiro atoms. The monoisotopic (exact) mass is 395 g/mol. The predicted molar refractivity (Wildman–Crippen MR) is 112 cm³/mol. The summed E-state index contributed by atoms with van der Waals surface area (Å²) in [5.41, 5.74) is 2.63. The van der Waals surface area contributed by atoms with E-state index in [4.69, 9.17) is 25.4 Å². The average Bonchev–Trinajstić information content (AvgIpc) is 2.75. The number of rotatable bonds is 10. The molecule has 1 aliphatic rings. The second kappa shape index (κ2) is 10.5. The van der Waals surface area contributed by atoms with Crippen LogP contribution in [0.15, 0.2) is 41.9 Å². The van der Waals surface area contributed by atoms with Gasteiger partial charge in [-0.15, -0.1) is 6.42 Å². The van der Waals surface area contributed by atoms with E-state index in [0.29, 0.717) is 43.7 Å². The van der Waals surface area contributed by atoms with Crippen LogP contribution in [-0.4, -0.2) is 50.6 Å². The van der Waals surface area contributed by atoms with Crippen molar-refractivity contribution in [1.29, 1.82) is 0 Å². The Bertz CT molecular complexity index is 947. The summed E-state index contributed by atoms with van der Waals surface area (Å²) in [5, 5.41) is 4.22. The molecule has 0 fully saturated rings. The van der Waals surface area contributed by atoms with Gasteiger partial charge in [-0.3, -0.25) is 0 Å². The second-order valence-electron chi connectivity index (χ2n) is 6.36. The van der Waals surface area contributed by atoms with Crippen LogP contribution >= 0.6 is 0 Å². The molecular formula is C22H25N3O4. The minimum absolute atomic E-state index is 0.403. The number of nitrogens with one attached hydrogen (secondary N) is 1. The number of methoxy groups -OCH3 is 2. The van der Waals surface area contributed by atoms with Crippen molar-refractivity contribution < 1.29 is 18.9 Å². The van der Waals surface area contributed by atoms with Gasteiger partial charge in [0, 0.05) is 36.9 Å². The molecule has 2 aromatic rings. The number of nitrogens with zero attached hydrogens (tertiary/aromatic N) is 2. The molecule has 0 unspecified atom stereocenters. The van der Waals surface area contributed by atoms with Gasteiger partial charge < -0.3 is 24.3 Å². The summed E-state index contributed by atoms with van der Waals surface area (Å²) >= 11 is 0. The molecule has 1 N–H and O–H groups in total. The minimum Gasteiger partial charge on any atom is -0.487 e. The lowest BCUT2D eigenvalue weighted by atomic mass is 10.0. The van der Waals surface area contributed by atoms with E-state index in [9.17, 15) is 0 Å². The number of fused-ring (bicyclic) bond motifs is 1. The lowest BCUT2D eigenvalue weighted by Gasteiger charge is -2.17. The highest BCUT2D eigenvalue weighted by Gasteiger charge is 2.14. The Kier molecular flexibility index (Phi) is 7.45. The minimum atomic E-state index is 0.403. The van der Waals surface area contributed by atoms with Gasteiger partial charge in [0.1, 0.15) is 25.4 Å². The maximum atomic E-state index is 5.87. The molecule has 0 amide bonds. The lowest BCUT2D eigenvalue weighted by Crippen LogP contribution is -2.09. The molecule has 1 aliphatic carbocycles. The maximum absolute atomic E-state index is 5.87. The SMILES string of the molecule is C#CC1=CCCC(Nc2ncnc3cc(OCCOC)c(OCCOC)cc23)=C1. The van der Waals surface area contributed by atoms with Gasteiger partial charge >= 0.3 is 0 Å². The fraction of sp³-hybridized carbons (Fsp3) is 0.364. The molecule has 0 atom stereocenters. The smallest absolute Gasteiger partial charge is 0.163 e. The topological polar surface area (TPSA) is 74.7 Å². The van der Waals surface area contributed by atoms with E-state index in [1.54, 1.807) is 14.2 Å². The Labute approximate surface area is 170 Å². The number of aromatic nitrogens is 2. The first-order valence-corrected chi connectivity index (χ1v) is 9.41. The summed E-state index contributed by atoms with van der Waals surface area (Å²) in [6.45, 7) is 1.76. The van der Waals surface area contributed by atoms with Crippen LogP contribution < -0.4 is 14.8 Å². The molecule has 0 bridgehead atoms. The van der Waals surface area contributed by atoms with E-state index in [1.807, 2.05) is 18.2 Å². The highest BCUT2D eigenvalue weighted by atomic mass is 16.5. The number of hydrogen-bond donors (Lipinski definition) is 1. The molecule has 7 heteroatoms. The first-order valence-electron chi connectivity index (χ1n) is 9.41. The van der Waals surface area contributed by atoms with E-state index < -0.39 is 0 Å². The first-order chi connectivity index (χ1) is 14.2. The summed E-state index contributed by atoms with van der Waals surface area (Å²) in [6.07, 6.45) is 12.8. The number of ether oxygens (including phenoxy) is 4. The van der Waals surface area contributed by atoms with E-state index in [0.717, 1.165) is 35.0 Å². The standard InChI is InChI=1S/C22H25N3O4/c1-4-16-6-5-7-17(12-16)25-22-18-13-20(28-10-8-26-2)21(29-11-9-27-3)14-19(18)23-15-24-22/h1,6,12-15H,5,7-11H2,2-3H3,(H,23,24,25). The molecule has 3 rings (SSSR count). The molecule has 29 heavy (non-hydrogen) atoms. The third kappa shape index (κ3) is 5.47. The molecule has 1 heterocycles. The summed E-state index contributed by atoms with van der Waals surface area (Å²) < 4.78 is 21.8. The number of benzene rings is 1. The van der Waals surface area contributed by atoms with Gasteiger partial charge in [0.25, 0.3) is 0 Å². The van der Waals surface area contributed by atoms with Crippen LogP contribution in [0.2, 0.25) is 0 Å². The molecule has 0 saturated carbocycles. The zero-order valence-electron chi connectivity index (χ0n) is 16.7. The van der Waals surface area contributed by atoms with Crippen LogP contribution in [0.4, 0.5) is 5.82 Å². The molecule has 0 aliphatic heterocycles. The predicted octanol–water partition coefficient (Wildman–Crippen LogP) is 3.33. The largest absolute Gasteiger partial charge is 0.487 e. The summed E-state index contributed by atoms with van der Waals surface area (Å²) in [6, 6.07) is 3.73. The zero-order valence-corrected chi connectivity index (χ0v) is 16.7. The fourth-order valence-corrected chi connectivity index (χ4v) is 2.91. The molecule has 7 nitrogen and oxygen atoms in total. The van der Waals surface area contributed by atoms with Crippen molar-refractivity contribution in [2.24, 2.45) is 0 Å². The van der Waals surface area contributed by atoms with Crippen LogP contribution in [0, 0.1) is 12.3 Å². The van der Waals surface area contributed by atoms with Crippen molar-refractivity contribution in [3.8, 4) is 23.8 Å². The van der Waals surface area contributed by atoms with Crippen molar-refractivity contribution in [2.45, 2.75) is 12.8 Å². The zero-order chi connectivity index (χ0) is 20.5. The van der Waals surface area contributed by atoms with Crippen LogP contribution in [-0.2, 0) is 9.47 Å². The summed E-state index contributed by atoms with van der Waals surface area (Å²) in [5.74, 6) is 4.58. The fourth-order valence-electron chi connectivity index (χ4n) is 2.91. The number of anilines is 1. The van der Waals surface area contributed by atoms with Gasteiger partial charge in [-0.2, -0.15) is 0 Å². The Morgan fingerprint density at radius 3 is 2.45 bits per heavy atom. The third-order valence-electron chi connectivity index (χ3n) is 4.34. The molecule has 152 valence electrons. The van der Waals surface area contributed by atoms with Gasteiger partial charge in [0.05, 0.1) is 18.7 Å². The van der Waals surface area contributed by atoms with E-state index in [2.05, 4.69) is 27.3 Å². The highest BCUT2D eigenvalue weighted by Crippen LogP contribution is 2.35. The van der Waals surface area contributed by atoms with Crippen molar-refractivity contribution in [3.05, 3.63) is 41.9 Å². The Morgan fingerprint density at radius 1 is 1.03 bits per heavy atom. The number of hydrogen-bond acceptors (Lipinski definition) is 7. The van der Waals surface area contributed by atoms with Crippen molar-refractivity contribution in [1.82, 2.24) is 9.97 Å². The Morgan fingerprint density at radius 2 is 1.76 bits per heavy atom. The Balaban J connectivity index is 1.93. The lowest BCUT2D eigenvalue weighted by molar-refractivity contribution is 0.132. The average molecular weight is 395 g/mol. The van der Waals surface area contributed by atoms with Crippen molar-refractivity contribution in [3.63, 3.8) is 0 Å². The molecule has 0 saturated heterocycles. The van der Waals surface area contributed by atoms with Gasteiger partial charge in [0.15, 0.2) is 11.5 Å². The Hall–Kier alpha value is -3.08. The second-order valence-corrected chi connectivity index (χ2v) is 6.36. The molecular weight excluding hydrogens is 370 g/mol. The van der Waals surface area contributed by atoms with Gasteiger partial charge in [-0.1, -0.05) is 12.0 Å². The van der Waals surface area contributed by atoms with Crippen molar-refractivity contribution in [2.75, 3.05) is 46.0 Å². The van der Waals surface area contributed by atoms with E-state index >= 15 is 0 Å². The van der Waals surface area contributed by atoms with Crippen LogP contribution in [0.1, 0.15) is 12.8 Å². The van der Waals surface area contributed by atoms with Crippen LogP contribution in [0.3, 0.4) is 0 Å². The van der Waals surface area contributed by atoms with Gasteiger partial charge in [-0.05, 0) is 25.0 Å².